The maximum Gasteiger partial charge on any atom is 0.170 e. The third-order valence-electron chi connectivity index (χ3n) is 6.14. The Morgan fingerprint density at radius 2 is 1.64 bits per heavy atom. The van der Waals surface area contributed by atoms with Gasteiger partial charge in [0.05, 0.1) is 0 Å². The van der Waals surface area contributed by atoms with E-state index in [0.29, 0.717) is 5.41 Å². The number of benzene rings is 1. The molecule has 1 aromatic rings. The summed E-state index contributed by atoms with van der Waals surface area (Å²) < 4.78 is 0. The molecule has 2 unspecified atom stereocenters. The second kappa shape index (κ2) is 5.84. The number of fused-ring (bicyclic) bond motifs is 1. The zero-order valence-corrected chi connectivity index (χ0v) is 14.0. The van der Waals surface area contributed by atoms with Gasteiger partial charge in [-0.2, -0.15) is 0 Å². The van der Waals surface area contributed by atoms with E-state index in [9.17, 15) is 0 Å². The normalized spacial score (nSPS) is 35.9. The van der Waals surface area contributed by atoms with E-state index in [4.69, 9.17) is 12.2 Å². The second-order valence-electron chi connectivity index (χ2n) is 7.93. The van der Waals surface area contributed by atoms with Gasteiger partial charge in [-0.15, -0.1) is 0 Å². The molecule has 0 aromatic heterocycles. The van der Waals surface area contributed by atoms with Crippen molar-refractivity contribution in [2.24, 2.45) is 23.2 Å². The van der Waals surface area contributed by atoms with E-state index in [1.807, 2.05) is 18.2 Å². The van der Waals surface area contributed by atoms with Gasteiger partial charge in [0.15, 0.2) is 5.11 Å². The number of hydrogen-bond acceptors (Lipinski definition) is 1. The average Bonchev–Trinajstić information content (AvgIpc) is 2.72. The molecule has 3 heteroatoms. The van der Waals surface area contributed by atoms with Crippen molar-refractivity contribution in [1.82, 2.24) is 5.32 Å². The van der Waals surface area contributed by atoms with Gasteiger partial charge in [0, 0.05) is 12.2 Å². The topological polar surface area (TPSA) is 24.1 Å². The molecule has 4 aliphatic rings. The Morgan fingerprint density at radius 3 is 2.32 bits per heavy atom. The van der Waals surface area contributed by atoms with Gasteiger partial charge >= 0.3 is 0 Å². The van der Waals surface area contributed by atoms with Gasteiger partial charge in [0.2, 0.25) is 0 Å². The standard InChI is InChI=1S/C19H26N2S/c22-18(21-17-4-2-1-3-5-17)20-13-19-10-14-6-7-15(11-19)9-16(8-14)12-19/h1-5,14-16H,6-13H2,(H2,20,21,22). The van der Waals surface area contributed by atoms with Crippen molar-refractivity contribution in [3.63, 3.8) is 0 Å². The third kappa shape index (κ3) is 3.01. The Labute approximate surface area is 139 Å². The molecule has 0 radical (unpaired) electrons. The van der Waals surface area contributed by atoms with E-state index in [-0.39, 0.29) is 0 Å². The van der Waals surface area contributed by atoms with Gasteiger partial charge in [-0.1, -0.05) is 31.0 Å². The molecule has 0 saturated heterocycles. The molecule has 2 N–H and O–H groups in total. The highest BCUT2D eigenvalue weighted by Crippen LogP contribution is 2.57. The fourth-order valence-electron chi connectivity index (χ4n) is 5.55. The molecule has 118 valence electrons. The quantitative estimate of drug-likeness (QED) is 0.799. The summed E-state index contributed by atoms with van der Waals surface area (Å²) in [4.78, 5) is 0. The third-order valence-corrected chi connectivity index (χ3v) is 6.38. The van der Waals surface area contributed by atoms with Crippen molar-refractivity contribution in [3.8, 4) is 0 Å². The van der Waals surface area contributed by atoms with Crippen LogP contribution < -0.4 is 10.6 Å². The molecule has 5 rings (SSSR count). The predicted octanol–water partition coefficient (Wildman–Crippen LogP) is 4.58. The monoisotopic (exact) mass is 314 g/mol. The smallest absolute Gasteiger partial charge is 0.170 e. The summed E-state index contributed by atoms with van der Waals surface area (Å²) >= 11 is 5.50. The zero-order valence-electron chi connectivity index (χ0n) is 13.2. The average molecular weight is 314 g/mol. The molecule has 2 nitrogen and oxygen atoms in total. The van der Waals surface area contributed by atoms with Crippen LogP contribution in [0.4, 0.5) is 5.69 Å². The molecule has 4 aliphatic carbocycles. The fourth-order valence-corrected chi connectivity index (χ4v) is 5.74. The summed E-state index contributed by atoms with van der Waals surface area (Å²) in [6, 6.07) is 10.2. The number of hydrogen-bond donors (Lipinski definition) is 2. The fraction of sp³-hybridized carbons (Fsp3) is 0.632. The van der Waals surface area contributed by atoms with Gasteiger partial charge in [0.1, 0.15) is 0 Å². The van der Waals surface area contributed by atoms with Crippen LogP contribution in [0, 0.1) is 23.2 Å². The van der Waals surface area contributed by atoms with E-state index in [2.05, 4.69) is 22.8 Å². The zero-order chi connectivity index (χ0) is 15.0. The summed E-state index contributed by atoms with van der Waals surface area (Å²) in [7, 11) is 0. The molecular formula is C19H26N2S. The van der Waals surface area contributed by atoms with Gasteiger partial charge in [-0.3, -0.25) is 0 Å². The Bertz CT molecular complexity index is 526. The molecule has 4 bridgehead atoms. The van der Waals surface area contributed by atoms with Crippen LogP contribution in [0.1, 0.15) is 44.9 Å². The van der Waals surface area contributed by atoms with Crippen LogP contribution in [0.15, 0.2) is 30.3 Å². The predicted molar refractivity (Wildman–Crippen MR) is 95.9 cm³/mol. The van der Waals surface area contributed by atoms with Crippen LogP contribution in [0.3, 0.4) is 0 Å². The van der Waals surface area contributed by atoms with Crippen molar-refractivity contribution in [1.29, 1.82) is 0 Å². The molecule has 1 aromatic carbocycles. The van der Waals surface area contributed by atoms with Crippen molar-refractivity contribution in [2.75, 3.05) is 11.9 Å². The molecule has 22 heavy (non-hydrogen) atoms. The highest BCUT2D eigenvalue weighted by molar-refractivity contribution is 7.80. The number of thiocarbonyl (C=S) groups is 1. The van der Waals surface area contributed by atoms with Gasteiger partial charge < -0.3 is 10.6 Å². The summed E-state index contributed by atoms with van der Waals surface area (Å²) in [5, 5.41) is 7.63. The lowest BCUT2D eigenvalue weighted by Gasteiger charge is -2.48. The van der Waals surface area contributed by atoms with Gasteiger partial charge in [-0.05, 0) is 79.6 Å². The summed E-state index contributed by atoms with van der Waals surface area (Å²) in [6.07, 6.45) is 10.3. The van der Waals surface area contributed by atoms with Crippen LogP contribution in [0.2, 0.25) is 0 Å². The molecule has 0 amide bonds. The Hall–Kier alpha value is -1.09. The highest BCUT2D eigenvalue weighted by Gasteiger charge is 2.48. The molecule has 2 atom stereocenters. The van der Waals surface area contributed by atoms with E-state index in [1.54, 1.807) is 0 Å². The first kappa shape index (κ1) is 14.5. The van der Waals surface area contributed by atoms with E-state index in [0.717, 1.165) is 35.1 Å². The summed E-state index contributed by atoms with van der Waals surface area (Å²) in [5.41, 5.74) is 1.60. The lowest BCUT2D eigenvalue weighted by molar-refractivity contribution is 0.0387. The van der Waals surface area contributed by atoms with Crippen LogP contribution in [-0.4, -0.2) is 11.7 Å². The van der Waals surface area contributed by atoms with Crippen molar-refractivity contribution >= 4 is 23.0 Å². The lowest BCUT2D eigenvalue weighted by Crippen LogP contribution is -2.46. The summed E-state index contributed by atoms with van der Waals surface area (Å²) in [5.74, 6) is 2.98. The molecular weight excluding hydrogens is 288 g/mol. The molecule has 4 fully saturated rings. The van der Waals surface area contributed by atoms with E-state index < -0.39 is 0 Å². The molecule has 0 aliphatic heterocycles. The number of nitrogens with one attached hydrogen (secondary N) is 2. The van der Waals surface area contributed by atoms with Crippen molar-refractivity contribution in [3.05, 3.63) is 30.3 Å². The van der Waals surface area contributed by atoms with Crippen LogP contribution in [0.5, 0.6) is 0 Å². The lowest BCUT2D eigenvalue weighted by atomic mass is 9.58. The van der Waals surface area contributed by atoms with Gasteiger partial charge in [-0.25, -0.2) is 0 Å². The largest absolute Gasteiger partial charge is 0.362 e. The van der Waals surface area contributed by atoms with Crippen LogP contribution >= 0.6 is 12.2 Å². The van der Waals surface area contributed by atoms with Crippen LogP contribution in [0.25, 0.3) is 0 Å². The molecule has 0 heterocycles. The molecule has 4 saturated carbocycles. The Kier molecular flexibility index (Phi) is 3.85. The van der Waals surface area contributed by atoms with Crippen molar-refractivity contribution < 1.29 is 0 Å². The maximum atomic E-state index is 5.50. The minimum Gasteiger partial charge on any atom is -0.362 e. The Balaban J connectivity index is 1.38. The first-order valence-electron chi connectivity index (χ1n) is 8.81. The number of rotatable bonds is 3. The van der Waals surface area contributed by atoms with E-state index in [1.165, 1.54) is 44.9 Å². The van der Waals surface area contributed by atoms with Gasteiger partial charge in [0.25, 0.3) is 0 Å². The summed E-state index contributed by atoms with van der Waals surface area (Å²) in [6.45, 7) is 1.06. The van der Waals surface area contributed by atoms with Crippen LogP contribution in [-0.2, 0) is 0 Å². The second-order valence-corrected chi connectivity index (χ2v) is 8.34. The maximum absolute atomic E-state index is 5.50. The number of para-hydroxylation sites is 1. The first-order valence-corrected chi connectivity index (χ1v) is 9.22. The van der Waals surface area contributed by atoms with E-state index >= 15 is 0 Å². The minimum atomic E-state index is 0.523. The Morgan fingerprint density at radius 1 is 1.00 bits per heavy atom. The molecule has 0 spiro atoms. The first-order chi connectivity index (χ1) is 10.7. The highest BCUT2D eigenvalue weighted by atomic mass is 32.1. The van der Waals surface area contributed by atoms with Crippen molar-refractivity contribution in [2.45, 2.75) is 44.9 Å². The minimum absolute atomic E-state index is 0.523. The number of anilines is 1. The SMILES string of the molecule is S=C(NCC12CC3CCC(CC(C3)C1)C2)Nc1ccccc1.